The molecule has 0 bridgehead atoms. The highest BCUT2D eigenvalue weighted by Gasteiger charge is 2.12. The van der Waals surface area contributed by atoms with Crippen molar-refractivity contribution in [1.82, 2.24) is 0 Å². The number of carbonyl (C=O) groups excluding carboxylic acids is 1. The fourth-order valence-corrected chi connectivity index (χ4v) is 1.17. The second-order valence-electron chi connectivity index (χ2n) is 2.57. The van der Waals surface area contributed by atoms with Crippen LogP contribution in [0.4, 0.5) is 0 Å². The summed E-state index contributed by atoms with van der Waals surface area (Å²) in [7, 11) is 6.28. The summed E-state index contributed by atoms with van der Waals surface area (Å²) in [5, 5.41) is 0. The molecule has 1 aromatic rings. The molecule has 0 atom stereocenters. The average Bonchev–Trinajstić information content (AvgIpc) is 2.39. The van der Waals surface area contributed by atoms with Gasteiger partial charge in [-0.2, -0.15) is 0 Å². The Bertz CT molecular complexity index is 299. The van der Waals surface area contributed by atoms with E-state index in [9.17, 15) is 0 Å². The van der Waals surface area contributed by atoms with Gasteiger partial charge in [-0.05, 0) is 0 Å². The van der Waals surface area contributed by atoms with Crippen molar-refractivity contribution in [1.29, 1.82) is 0 Å². The minimum atomic E-state index is 0.566. The van der Waals surface area contributed by atoms with E-state index in [1.165, 1.54) is 0 Å². The van der Waals surface area contributed by atoms with Crippen LogP contribution in [0.5, 0.6) is 23.0 Å². The Kier molecular flexibility index (Phi) is 6.51. The number of ether oxygens (including phenoxy) is 4. The zero-order valence-electron chi connectivity index (χ0n) is 9.90. The first-order valence-corrected chi connectivity index (χ1v) is 4.39. The molecule has 5 heteroatoms. The molecule has 0 amide bonds. The number of methoxy groups -OCH3 is 4. The lowest BCUT2D eigenvalue weighted by molar-refractivity contribution is -0.0979. The molecular formula is C11H16O5. The van der Waals surface area contributed by atoms with E-state index in [-0.39, 0.29) is 0 Å². The smallest absolute Gasteiger partial charge is 0.203 e. The van der Waals surface area contributed by atoms with Crippen LogP contribution in [0.2, 0.25) is 0 Å². The van der Waals surface area contributed by atoms with Gasteiger partial charge in [-0.25, -0.2) is 0 Å². The van der Waals surface area contributed by atoms with Crippen molar-refractivity contribution in [3.63, 3.8) is 0 Å². The minimum absolute atomic E-state index is 0.566. The van der Waals surface area contributed by atoms with Gasteiger partial charge >= 0.3 is 0 Å². The van der Waals surface area contributed by atoms with Crippen LogP contribution in [0.3, 0.4) is 0 Å². The summed E-state index contributed by atoms with van der Waals surface area (Å²) in [5.74, 6) is 2.41. The molecule has 1 aromatic carbocycles. The molecule has 0 heterocycles. The van der Waals surface area contributed by atoms with Gasteiger partial charge in [-0.15, -0.1) is 0 Å². The van der Waals surface area contributed by atoms with Gasteiger partial charge in [0.2, 0.25) is 5.75 Å². The standard InChI is InChI=1S/C10H14O4.CH2O/c1-11-7-5-8(12-2)10(14-4)9(6-7)13-3;1-2/h5-6H,1-4H3;1H2. The SMILES string of the molecule is C=O.COc1cc(OC)c(OC)c(OC)c1. The van der Waals surface area contributed by atoms with Crippen molar-refractivity contribution >= 4 is 6.79 Å². The van der Waals surface area contributed by atoms with Gasteiger partial charge in [-0.3, -0.25) is 0 Å². The van der Waals surface area contributed by atoms with Crippen LogP contribution in [-0.4, -0.2) is 35.2 Å². The van der Waals surface area contributed by atoms with Crippen molar-refractivity contribution in [3.05, 3.63) is 12.1 Å². The molecule has 0 saturated heterocycles. The van der Waals surface area contributed by atoms with Crippen LogP contribution in [0.15, 0.2) is 12.1 Å². The van der Waals surface area contributed by atoms with Crippen LogP contribution in [0.25, 0.3) is 0 Å². The quantitative estimate of drug-likeness (QED) is 0.782. The molecule has 0 fully saturated rings. The first-order valence-electron chi connectivity index (χ1n) is 4.39. The van der Waals surface area contributed by atoms with E-state index in [4.69, 9.17) is 23.7 Å². The Morgan fingerprint density at radius 3 is 1.50 bits per heavy atom. The van der Waals surface area contributed by atoms with Crippen LogP contribution in [0.1, 0.15) is 0 Å². The third kappa shape index (κ3) is 3.05. The van der Waals surface area contributed by atoms with Crippen molar-refractivity contribution in [2.45, 2.75) is 0 Å². The number of carbonyl (C=O) groups is 1. The summed E-state index contributed by atoms with van der Waals surface area (Å²) in [4.78, 5) is 8.00. The molecule has 0 N–H and O–H groups in total. The Morgan fingerprint density at radius 1 is 0.812 bits per heavy atom. The van der Waals surface area contributed by atoms with Crippen LogP contribution in [-0.2, 0) is 4.79 Å². The zero-order valence-corrected chi connectivity index (χ0v) is 9.90. The summed E-state index contributed by atoms with van der Waals surface area (Å²) in [5.41, 5.74) is 0. The van der Waals surface area contributed by atoms with Crippen molar-refractivity contribution in [3.8, 4) is 23.0 Å². The maximum absolute atomic E-state index is 8.00. The predicted molar refractivity (Wildman–Crippen MR) is 59.8 cm³/mol. The molecule has 0 aliphatic heterocycles. The van der Waals surface area contributed by atoms with Crippen molar-refractivity contribution < 1.29 is 23.7 Å². The monoisotopic (exact) mass is 228 g/mol. The summed E-state index contributed by atoms with van der Waals surface area (Å²) < 4.78 is 20.5. The van der Waals surface area contributed by atoms with Gasteiger partial charge in [0.05, 0.1) is 28.4 Å². The van der Waals surface area contributed by atoms with E-state index < -0.39 is 0 Å². The van der Waals surface area contributed by atoms with Gasteiger partial charge in [-0.1, -0.05) is 0 Å². The lowest BCUT2D eigenvalue weighted by atomic mass is 10.2. The summed E-state index contributed by atoms with van der Waals surface area (Å²) in [6, 6.07) is 3.47. The maximum Gasteiger partial charge on any atom is 0.203 e. The highest BCUT2D eigenvalue weighted by Crippen LogP contribution is 2.40. The molecule has 16 heavy (non-hydrogen) atoms. The minimum Gasteiger partial charge on any atom is -0.496 e. The Hall–Kier alpha value is -1.91. The molecule has 0 spiro atoms. The molecule has 0 unspecified atom stereocenters. The molecule has 0 saturated carbocycles. The zero-order chi connectivity index (χ0) is 12.6. The summed E-state index contributed by atoms with van der Waals surface area (Å²) >= 11 is 0. The topological polar surface area (TPSA) is 54.0 Å². The Balaban J connectivity index is 0.00000106. The normalized spacial score (nSPS) is 8.50. The van der Waals surface area contributed by atoms with E-state index in [1.807, 2.05) is 6.79 Å². The highest BCUT2D eigenvalue weighted by molar-refractivity contribution is 5.55. The molecular weight excluding hydrogens is 212 g/mol. The second-order valence-corrected chi connectivity index (χ2v) is 2.57. The average molecular weight is 228 g/mol. The highest BCUT2D eigenvalue weighted by atomic mass is 16.5. The number of rotatable bonds is 4. The summed E-state index contributed by atoms with van der Waals surface area (Å²) in [6.45, 7) is 2.00. The van der Waals surface area contributed by atoms with E-state index in [0.717, 1.165) is 0 Å². The lowest BCUT2D eigenvalue weighted by Crippen LogP contribution is -1.95. The first-order chi connectivity index (χ1) is 7.76. The van der Waals surface area contributed by atoms with Crippen LogP contribution >= 0.6 is 0 Å². The van der Waals surface area contributed by atoms with E-state index in [2.05, 4.69) is 0 Å². The molecule has 0 aromatic heterocycles. The molecule has 0 radical (unpaired) electrons. The Morgan fingerprint density at radius 2 is 1.25 bits per heavy atom. The number of benzene rings is 1. The van der Waals surface area contributed by atoms with Crippen molar-refractivity contribution in [2.24, 2.45) is 0 Å². The number of hydrogen-bond acceptors (Lipinski definition) is 5. The fourth-order valence-electron chi connectivity index (χ4n) is 1.17. The first kappa shape index (κ1) is 14.1. The predicted octanol–water partition coefficient (Wildman–Crippen LogP) is 1.54. The molecule has 0 aliphatic carbocycles. The van der Waals surface area contributed by atoms with E-state index in [0.29, 0.717) is 23.0 Å². The fraction of sp³-hybridized carbons (Fsp3) is 0.364. The molecule has 90 valence electrons. The number of hydrogen-bond donors (Lipinski definition) is 0. The van der Waals surface area contributed by atoms with Gasteiger partial charge in [0, 0.05) is 12.1 Å². The lowest BCUT2D eigenvalue weighted by Gasteiger charge is -2.13. The van der Waals surface area contributed by atoms with Gasteiger partial charge in [0.15, 0.2) is 11.5 Å². The van der Waals surface area contributed by atoms with Gasteiger partial charge in [0.25, 0.3) is 0 Å². The molecule has 1 rings (SSSR count). The van der Waals surface area contributed by atoms with Crippen LogP contribution < -0.4 is 18.9 Å². The third-order valence-corrected chi connectivity index (χ3v) is 1.87. The van der Waals surface area contributed by atoms with E-state index >= 15 is 0 Å². The summed E-state index contributed by atoms with van der Waals surface area (Å²) in [6.07, 6.45) is 0. The Labute approximate surface area is 94.9 Å². The third-order valence-electron chi connectivity index (χ3n) is 1.87. The van der Waals surface area contributed by atoms with Gasteiger partial charge < -0.3 is 23.7 Å². The second kappa shape index (κ2) is 7.39. The van der Waals surface area contributed by atoms with Gasteiger partial charge in [0.1, 0.15) is 12.5 Å². The maximum atomic E-state index is 8.00. The van der Waals surface area contributed by atoms with Crippen LogP contribution in [0, 0.1) is 0 Å². The van der Waals surface area contributed by atoms with E-state index in [1.54, 1.807) is 40.6 Å². The molecule has 0 aliphatic rings. The largest absolute Gasteiger partial charge is 0.496 e. The molecule has 5 nitrogen and oxygen atoms in total. The van der Waals surface area contributed by atoms with Crippen molar-refractivity contribution in [2.75, 3.05) is 28.4 Å².